The SMILES string of the molecule is CS(=O)(=O)N(CC(=O)NCc1ccccc1Cl)c1cccc(Cl)c1. The number of nitrogens with one attached hydrogen (secondary N) is 1. The maximum absolute atomic E-state index is 12.1. The molecule has 0 atom stereocenters. The number of nitrogens with zero attached hydrogens (tertiary/aromatic N) is 1. The number of halogens is 2. The van der Waals surface area contributed by atoms with Crippen LogP contribution < -0.4 is 9.62 Å². The predicted molar refractivity (Wildman–Crippen MR) is 96.9 cm³/mol. The first-order chi connectivity index (χ1) is 11.3. The molecule has 0 aromatic heterocycles. The van der Waals surface area contributed by atoms with Crippen molar-refractivity contribution in [1.29, 1.82) is 0 Å². The fourth-order valence-corrected chi connectivity index (χ4v) is 3.29. The van der Waals surface area contributed by atoms with Gasteiger partial charge in [0.25, 0.3) is 0 Å². The van der Waals surface area contributed by atoms with E-state index in [1.54, 1.807) is 36.4 Å². The molecule has 1 N–H and O–H groups in total. The molecule has 0 bridgehead atoms. The highest BCUT2D eigenvalue weighted by Crippen LogP contribution is 2.21. The first-order valence-corrected chi connectivity index (χ1v) is 9.61. The first-order valence-electron chi connectivity index (χ1n) is 7.01. The van der Waals surface area contributed by atoms with Gasteiger partial charge in [-0.3, -0.25) is 9.10 Å². The highest BCUT2D eigenvalue weighted by molar-refractivity contribution is 7.92. The zero-order chi connectivity index (χ0) is 17.7. The van der Waals surface area contributed by atoms with E-state index in [-0.39, 0.29) is 13.1 Å². The minimum Gasteiger partial charge on any atom is -0.350 e. The van der Waals surface area contributed by atoms with Crippen LogP contribution in [0.1, 0.15) is 5.56 Å². The van der Waals surface area contributed by atoms with Gasteiger partial charge in [-0.05, 0) is 29.8 Å². The lowest BCUT2D eigenvalue weighted by molar-refractivity contribution is -0.119. The van der Waals surface area contributed by atoms with Crippen LogP contribution in [0.25, 0.3) is 0 Å². The first kappa shape index (κ1) is 18.6. The monoisotopic (exact) mass is 386 g/mol. The zero-order valence-electron chi connectivity index (χ0n) is 12.9. The molecule has 0 radical (unpaired) electrons. The Hall–Kier alpha value is -1.76. The van der Waals surface area contributed by atoms with E-state index in [2.05, 4.69) is 5.32 Å². The van der Waals surface area contributed by atoms with Crippen LogP contribution in [0.3, 0.4) is 0 Å². The maximum Gasteiger partial charge on any atom is 0.241 e. The molecule has 0 aliphatic heterocycles. The Bertz CT molecular complexity index is 841. The average molecular weight is 387 g/mol. The average Bonchev–Trinajstić information content (AvgIpc) is 2.50. The van der Waals surface area contributed by atoms with Gasteiger partial charge in [0.05, 0.1) is 11.9 Å². The molecule has 0 unspecified atom stereocenters. The number of sulfonamides is 1. The van der Waals surface area contributed by atoms with Gasteiger partial charge in [-0.25, -0.2) is 8.42 Å². The summed E-state index contributed by atoms with van der Waals surface area (Å²) in [5.41, 5.74) is 1.08. The molecule has 8 heteroatoms. The lowest BCUT2D eigenvalue weighted by atomic mass is 10.2. The van der Waals surface area contributed by atoms with Gasteiger partial charge >= 0.3 is 0 Å². The molecule has 1 amide bonds. The van der Waals surface area contributed by atoms with Crippen molar-refractivity contribution in [3.63, 3.8) is 0 Å². The number of hydrogen-bond donors (Lipinski definition) is 1. The molecule has 0 saturated carbocycles. The van der Waals surface area contributed by atoms with Crippen molar-refractivity contribution in [2.45, 2.75) is 6.54 Å². The Kier molecular flexibility index (Phi) is 6.10. The molecule has 0 spiro atoms. The molecule has 2 aromatic rings. The fourth-order valence-electron chi connectivity index (χ4n) is 2.05. The van der Waals surface area contributed by atoms with E-state index in [1.165, 1.54) is 6.07 Å². The Morgan fingerprint density at radius 1 is 1.12 bits per heavy atom. The summed E-state index contributed by atoms with van der Waals surface area (Å²) in [5.74, 6) is -0.444. The van der Waals surface area contributed by atoms with Gasteiger partial charge in [0.15, 0.2) is 0 Å². The van der Waals surface area contributed by atoms with Crippen LogP contribution >= 0.6 is 23.2 Å². The van der Waals surface area contributed by atoms with Crippen LogP contribution in [0.15, 0.2) is 48.5 Å². The Morgan fingerprint density at radius 2 is 1.83 bits per heavy atom. The summed E-state index contributed by atoms with van der Waals surface area (Å²) in [6, 6.07) is 13.4. The van der Waals surface area contributed by atoms with Gasteiger partial charge in [0, 0.05) is 16.6 Å². The largest absolute Gasteiger partial charge is 0.350 e. The summed E-state index contributed by atoms with van der Waals surface area (Å²) in [6.07, 6.45) is 1.04. The van der Waals surface area contributed by atoms with Crippen molar-refractivity contribution < 1.29 is 13.2 Å². The van der Waals surface area contributed by atoms with Crippen LogP contribution in [0.4, 0.5) is 5.69 Å². The van der Waals surface area contributed by atoms with Gasteiger partial charge in [-0.2, -0.15) is 0 Å². The summed E-state index contributed by atoms with van der Waals surface area (Å²) in [5, 5.41) is 3.59. The summed E-state index contributed by atoms with van der Waals surface area (Å²) in [7, 11) is -3.63. The highest BCUT2D eigenvalue weighted by atomic mass is 35.5. The molecule has 0 heterocycles. The minimum absolute atomic E-state index is 0.214. The van der Waals surface area contributed by atoms with Gasteiger partial charge in [-0.15, -0.1) is 0 Å². The predicted octanol–water partition coefficient (Wildman–Crippen LogP) is 3.08. The number of benzene rings is 2. The quantitative estimate of drug-likeness (QED) is 0.829. The van der Waals surface area contributed by atoms with E-state index in [1.807, 2.05) is 6.07 Å². The standard InChI is InChI=1S/C16H16Cl2N2O3S/c1-24(22,23)20(14-7-4-6-13(17)9-14)11-16(21)19-10-12-5-2-3-8-15(12)18/h2-9H,10-11H2,1H3,(H,19,21). The second-order valence-corrected chi connectivity index (χ2v) is 7.87. The van der Waals surface area contributed by atoms with Crippen LogP contribution in [-0.2, 0) is 21.4 Å². The van der Waals surface area contributed by atoms with Gasteiger partial charge in [0.2, 0.25) is 15.9 Å². The van der Waals surface area contributed by atoms with Crippen molar-refractivity contribution in [1.82, 2.24) is 5.32 Å². The smallest absolute Gasteiger partial charge is 0.241 e. The summed E-state index contributed by atoms with van der Waals surface area (Å²) in [4.78, 5) is 12.1. The second kappa shape index (κ2) is 7.88. The fraction of sp³-hybridized carbons (Fsp3) is 0.188. The Balaban J connectivity index is 2.10. The molecule has 5 nitrogen and oxygen atoms in total. The van der Waals surface area contributed by atoms with Crippen LogP contribution in [0.2, 0.25) is 10.0 Å². The molecule has 24 heavy (non-hydrogen) atoms. The second-order valence-electron chi connectivity index (χ2n) is 5.12. The number of carbonyl (C=O) groups excluding carboxylic acids is 1. The molecule has 0 saturated heterocycles. The van der Waals surface area contributed by atoms with Gasteiger partial charge in [0.1, 0.15) is 6.54 Å². The number of rotatable bonds is 6. The van der Waals surface area contributed by atoms with E-state index in [0.717, 1.165) is 16.1 Å². The number of anilines is 1. The molecule has 0 fully saturated rings. The maximum atomic E-state index is 12.1. The normalized spacial score (nSPS) is 11.1. The third-order valence-corrected chi connectivity index (χ3v) is 4.96. The number of amides is 1. The minimum atomic E-state index is -3.63. The van der Waals surface area contributed by atoms with E-state index in [4.69, 9.17) is 23.2 Å². The molecule has 128 valence electrons. The van der Waals surface area contributed by atoms with Crippen molar-refractivity contribution in [2.75, 3.05) is 17.1 Å². The lowest BCUT2D eigenvalue weighted by Gasteiger charge is -2.22. The zero-order valence-corrected chi connectivity index (χ0v) is 15.2. The van der Waals surface area contributed by atoms with Crippen molar-refractivity contribution in [3.05, 3.63) is 64.1 Å². The molecule has 2 rings (SSSR count). The molecular formula is C16H16Cl2N2O3S. The van der Waals surface area contributed by atoms with Crippen LogP contribution in [0, 0.1) is 0 Å². The van der Waals surface area contributed by atoms with E-state index >= 15 is 0 Å². The third kappa shape index (κ3) is 5.12. The van der Waals surface area contributed by atoms with Crippen LogP contribution in [0.5, 0.6) is 0 Å². The van der Waals surface area contributed by atoms with E-state index < -0.39 is 15.9 Å². The van der Waals surface area contributed by atoms with Gasteiger partial charge < -0.3 is 5.32 Å². The lowest BCUT2D eigenvalue weighted by Crippen LogP contribution is -2.40. The van der Waals surface area contributed by atoms with E-state index in [9.17, 15) is 13.2 Å². The molecular weight excluding hydrogens is 371 g/mol. The number of hydrogen-bond acceptors (Lipinski definition) is 3. The van der Waals surface area contributed by atoms with Crippen molar-refractivity contribution in [3.8, 4) is 0 Å². The van der Waals surface area contributed by atoms with Crippen molar-refractivity contribution >= 4 is 44.8 Å². The van der Waals surface area contributed by atoms with Crippen LogP contribution in [-0.4, -0.2) is 27.1 Å². The van der Waals surface area contributed by atoms with Gasteiger partial charge in [-0.1, -0.05) is 47.5 Å². The molecule has 0 aliphatic carbocycles. The Morgan fingerprint density at radius 3 is 2.46 bits per heavy atom. The summed E-state index contributed by atoms with van der Waals surface area (Å²) < 4.78 is 25.0. The third-order valence-electron chi connectivity index (χ3n) is 3.22. The summed E-state index contributed by atoms with van der Waals surface area (Å²) in [6.45, 7) is -0.130. The number of carbonyl (C=O) groups is 1. The molecule has 2 aromatic carbocycles. The van der Waals surface area contributed by atoms with E-state index in [0.29, 0.717) is 15.7 Å². The highest BCUT2D eigenvalue weighted by Gasteiger charge is 2.21. The molecule has 0 aliphatic rings. The summed E-state index contributed by atoms with van der Waals surface area (Å²) >= 11 is 11.9. The Labute approximate surface area is 151 Å². The topological polar surface area (TPSA) is 66.5 Å². The van der Waals surface area contributed by atoms with Crippen molar-refractivity contribution in [2.24, 2.45) is 0 Å².